The van der Waals surface area contributed by atoms with Crippen LogP contribution >= 0.6 is 0 Å². The van der Waals surface area contributed by atoms with Gasteiger partial charge >= 0.3 is 11.6 Å². The first-order valence-corrected chi connectivity index (χ1v) is 10.5. The molecule has 10 heteroatoms. The van der Waals surface area contributed by atoms with E-state index in [-0.39, 0.29) is 11.5 Å². The molecule has 1 saturated carbocycles. The summed E-state index contributed by atoms with van der Waals surface area (Å²) in [4.78, 5) is 17.0. The molecule has 2 aliphatic rings. The number of alkyl halides is 3. The predicted molar refractivity (Wildman–Crippen MR) is 96.1 cm³/mol. The van der Waals surface area contributed by atoms with Crippen molar-refractivity contribution in [1.29, 1.82) is 4.78 Å². The number of ether oxygens (including phenoxy) is 1. The number of carbonyl (C=O) groups is 1. The van der Waals surface area contributed by atoms with E-state index in [2.05, 4.69) is 4.98 Å². The van der Waals surface area contributed by atoms with Crippen LogP contribution in [0.5, 0.6) is 0 Å². The molecule has 1 amide bonds. The highest BCUT2D eigenvalue weighted by molar-refractivity contribution is 7.93. The van der Waals surface area contributed by atoms with Gasteiger partial charge in [0.05, 0.1) is 4.90 Å². The van der Waals surface area contributed by atoms with Crippen LogP contribution in [0.3, 0.4) is 0 Å². The van der Waals surface area contributed by atoms with Crippen molar-refractivity contribution in [3.8, 4) is 0 Å². The van der Waals surface area contributed by atoms with Crippen molar-refractivity contribution in [1.82, 2.24) is 9.88 Å². The van der Waals surface area contributed by atoms with Gasteiger partial charge in [0.2, 0.25) is 0 Å². The Morgan fingerprint density at radius 2 is 1.93 bits per heavy atom. The summed E-state index contributed by atoms with van der Waals surface area (Å²) < 4.78 is 62.0. The fourth-order valence-electron chi connectivity index (χ4n) is 3.92. The Balaban J connectivity index is 1.49. The normalized spacial score (nSPS) is 21.6. The minimum absolute atomic E-state index is 0.118. The first-order chi connectivity index (χ1) is 12.7. The predicted octanol–water partition coefficient (Wildman–Crippen LogP) is 4.20. The molecular weight excluding hydrogens is 395 g/mol. The monoisotopic (exact) mass is 419 g/mol. The molecule has 1 aromatic rings. The van der Waals surface area contributed by atoms with Crippen molar-refractivity contribution in [2.45, 2.75) is 56.0 Å². The van der Waals surface area contributed by atoms with Gasteiger partial charge in [-0.3, -0.25) is 4.98 Å². The average molecular weight is 419 g/mol. The van der Waals surface area contributed by atoms with Gasteiger partial charge in [0.1, 0.15) is 5.60 Å². The van der Waals surface area contributed by atoms with Crippen LogP contribution < -0.4 is 0 Å². The Kier molecular flexibility index (Phi) is 4.92. The molecule has 1 aliphatic heterocycles. The van der Waals surface area contributed by atoms with Gasteiger partial charge in [-0.05, 0) is 58.1 Å². The Morgan fingerprint density at radius 3 is 2.39 bits per heavy atom. The number of halogens is 3. The van der Waals surface area contributed by atoms with Gasteiger partial charge in [-0.25, -0.2) is 13.8 Å². The second kappa shape index (κ2) is 6.60. The molecule has 2 heterocycles. The first kappa shape index (κ1) is 20.9. The summed E-state index contributed by atoms with van der Waals surface area (Å²) in [6.07, 6.45) is 3.04. The third-order valence-corrected chi connectivity index (χ3v) is 6.66. The summed E-state index contributed by atoms with van der Waals surface area (Å²) >= 11 is 0. The molecule has 156 valence electrons. The molecule has 0 radical (unpaired) electrons. The Hall–Kier alpha value is -1.84. The molecule has 1 aromatic heterocycles. The zero-order valence-corrected chi connectivity index (χ0v) is 16.8. The lowest BCUT2D eigenvalue weighted by atomic mass is 9.57. The van der Waals surface area contributed by atoms with Crippen LogP contribution in [-0.2, 0) is 20.9 Å². The molecule has 1 saturated heterocycles. The third kappa shape index (κ3) is 4.11. The van der Waals surface area contributed by atoms with E-state index in [1.54, 1.807) is 4.90 Å². The summed E-state index contributed by atoms with van der Waals surface area (Å²) in [6, 6.07) is 2.49. The minimum atomic E-state index is -5.11. The number of hydrogen-bond donors (Lipinski definition) is 1. The van der Waals surface area contributed by atoms with E-state index in [9.17, 15) is 22.2 Å². The smallest absolute Gasteiger partial charge is 0.444 e. The van der Waals surface area contributed by atoms with Gasteiger partial charge in [-0.15, -0.1) is 0 Å². The van der Waals surface area contributed by atoms with E-state index < -0.39 is 25.7 Å². The largest absolute Gasteiger partial charge is 0.483 e. The maximum Gasteiger partial charge on any atom is 0.483 e. The van der Waals surface area contributed by atoms with Gasteiger partial charge in [-0.2, -0.15) is 13.2 Å². The zero-order chi connectivity index (χ0) is 21.0. The van der Waals surface area contributed by atoms with Crippen LogP contribution in [0.15, 0.2) is 23.2 Å². The molecule has 6 nitrogen and oxygen atoms in total. The molecule has 1 N–H and O–H groups in total. The van der Waals surface area contributed by atoms with E-state index >= 15 is 0 Å². The van der Waals surface area contributed by atoms with Crippen molar-refractivity contribution in [2.75, 3.05) is 13.1 Å². The number of rotatable bonds is 3. The summed E-state index contributed by atoms with van der Waals surface area (Å²) in [5.41, 5.74) is -4.90. The second-order valence-electron chi connectivity index (χ2n) is 8.80. The highest BCUT2D eigenvalue weighted by Gasteiger charge is 2.54. The SMILES string of the molecule is CC(C)(C)OC(=O)N1CC2(CC(Cc3ccc(S(=N)(=O)C(F)(F)F)cn3)C2)C1. The van der Waals surface area contributed by atoms with E-state index in [1.165, 1.54) is 6.07 Å². The van der Waals surface area contributed by atoms with Crippen LogP contribution in [0.2, 0.25) is 0 Å². The molecule has 28 heavy (non-hydrogen) atoms. The zero-order valence-electron chi connectivity index (χ0n) is 16.0. The van der Waals surface area contributed by atoms with Crippen molar-refractivity contribution >= 4 is 15.8 Å². The highest BCUT2D eigenvalue weighted by Crippen LogP contribution is 2.53. The molecular formula is C18H24F3N3O3S. The standard InChI is InChI=1S/C18H24F3N3O3S/c1-16(2,3)27-15(25)24-10-17(11-24)7-12(8-17)6-13-4-5-14(9-23-13)28(22,26)18(19,20)21/h4-5,9,12,22H,6-8,10-11H2,1-3H3. The van der Waals surface area contributed by atoms with Crippen LogP contribution in [0.1, 0.15) is 39.3 Å². The first-order valence-electron chi connectivity index (χ1n) is 8.99. The Labute approximate surface area is 162 Å². The molecule has 3 rings (SSSR count). The molecule has 1 aliphatic carbocycles. The van der Waals surface area contributed by atoms with Crippen molar-refractivity contribution in [3.63, 3.8) is 0 Å². The number of nitrogens with one attached hydrogen (secondary N) is 1. The molecule has 0 bridgehead atoms. The van der Waals surface area contributed by atoms with E-state index in [1.807, 2.05) is 20.8 Å². The van der Waals surface area contributed by atoms with Gasteiger partial charge in [0.25, 0.3) is 0 Å². The van der Waals surface area contributed by atoms with E-state index in [0.717, 1.165) is 25.1 Å². The summed E-state index contributed by atoms with van der Waals surface area (Å²) in [5, 5.41) is 0. The molecule has 1 unspecified atom stereocenters. The van der Waals surface area contributed by atoms with Crippen molar-refractivity contribution in [3.05, 3.63) is 24.0 Å². The lowest BCUT2D eigenvalue weighted by Gasteiger charge is -2.58. The Bertz CT molecular complexity index is 847. The number of carbonyl (C=O) groups excluding carboxylic acids is 1. The number of nitrogens with zero attached hydrogens (tertiary/aromatic N) is 2. The molecule has 1 spiro atoms. The van der Waals surface area contributed by atoms with Crippen molar-refractivity contribution < 1.29 is 26.9 Å². The molecule has 1 atom stereocenters. The minimum Gasteiger partial charge on any atom is -0.444 e. The third-order valence-electron chi connectivity index (χ3n) is 5.10. The van der Waals surface area contributed by atoms with Crippen LogP contribution in [0.4, 0.5) is 18.0 Å². The van der Waals surface area contributed by atoms with Crippen LogP contribution in [0, 0.1) is 16.1 Å². The lowest BCUT2D eigenvalue weighted by Crippen LogP contribution is -2.64. The van der Waals surface area contributed by atoms with Gasteiger partial charge in [0.15, 0.2) is 9.73 Å². The topological polar surface area (TPSA) is 83.4 Å². The number of pyridine rings is 1. The fourth-order valence-corrected chi connectivity index (χ4v) is 4.65. The number of amides is 1. The van der Waals surface area contributed by atoms with Gasteiger partial charge in [-0.1, -0.05) is 0 Å². The van der Waals surface area contributed by atoms with Crippen molar-refractivity contribution in [2.24, 2.45) is 11.3 Å². The van der Waals surface area contributed by atoms with Gasteiger partial charge in [0, 0.05) is 30.4 Å². The fraction of sp³-hybridized carbons (Fsp3) is 0.667. The molecule has 2 fully saturated rings. The van der Waals surface area contributed by atoms with Gasteiger partial charge < -0.3 is 9.64 Å². The second-order valence-corrected chi connectivity index (χ2v) is 10.8. The maximum atomic E-state index is 12.7. The number of aromatic nitrogens is 1. The summed E-state index contributed by atoms with van der Waals surface area (Å²) in [7, 11) is -4.87. The number of hydrogen-bond acceptors (Lipinski definition) is 5. The summed E-state index contributed by atoms with van der Waals surface area (Å²) in [6.45, 7) is 6.80. The lowest BCUT2D eigenvalue weighted by molar-refractivity contribution is -0.0949. The van der Waals surface area contributed by atoms with E-state index in [4.69, 9.17) is 9.52 Å². The molecule has 0 aromatic carbocycles. The average Bonchev–Trinajstić information content (AvgIpc) is 2.45. The quantitative estimate of drug-likeness (QED) is 0.796. The van der Waals surface area contributed by atoms with Crippen LogP contribution in [-0.4, -0.2) is 44.4 Å². The Morgan fingerprint density at radius 1 is 1.32 bits per heavy atom. The maximum absolute atomic E-state index is 12.7. The number of likely N-dealkylation sites (tertiary alicyclic amines) is 1. The van der Waals surface area contributed by atoms with Crippen LogP contribution in [0.25, 0.3) is 0 Å². The highest BCUT2D eigenvalue weighted by atomic mass is 32.2. The van der Waals surface area contributed by atoms with E-state index in [0.29, 0.717) is 31.1 Å². The summed E-state index contributed by atoms with van der Waals surface area (Å²) in [5.74, 6) is 0.349.